The van der Waals surface area contributed by atoms with Crippen LogP contribution >= 0.6 is 15.9 Å². The van der Waals surface area contributed by atoms with Crippen LogP contribution in [0.5, 0.6) is 0 Å². The molecule has 0 aliphatic heterocycles. The van der Waals surface area contributed by atoms with Crippen LogP contribution < -0.4 is 4.72 Å². The first kappa shape index (κ1) is 17.1. The van der Waals surface area contributed by atoms with Gasteiger partial charge in [-0.1, -0.05) is 19.4 Å². The molecule has 2 N–H and O–H groups in total. The Bertz CT molecular complexity index is 586. The average molecular weight is 364 g/mol. The van der Waals surface area contributed by atoms with Crippen LogP contribution in [0.4, 0.5) is 0 Å². The molecule has 1 unspecified atom stereocenters. The van der Waals surface area contributed by atoms with Crippen LogP contribution in [0.3, 0.4) is 0 Å². The fraction of sp³-hybridized carbons (Fsp3) is 0.462. The zero-order valence-corrected chi connectivity index (χ0v) is 13.8. The minimum Gasteiger partial charge on any atom is -0.481 e. The molecule has 112 valence electrons. The first-order chi connectivity index (χ1) is 9.26. The smallest absolute Gasteiger partial charge is 0.304 e. The molecule has 0 bridgehead atoms. The molecule has 7 heteroatoms. The van der Waals surface area contributed by atoms with Crippen LogP contribution in [0.2, 0.25) is 0 Å². The Morgan fingerprint density at radius 1 is 1.45 bits per heavy atom. The summed E-state index contributed by atoms with van der Waals surface area (Å²) in [6.45, 7) is 3.74. The molecule has 20 heavy (non-hydrogen) atoms. The number of halogens is 1. The van der Waals surface area contributed by atoms with E-state index in [2.05, 4.69) is 20.7 Å². The molecule has 0 radical (unpaired) electrons. The van der Waals surface area contributed by atoms with Gasteiger partial charge in [0.25, 0.3) is 0 Å². The van der Waals surface area contributed by atoms with E-state index in [1.165, 1.54) is 6.07 Å². The van der Waals surface area contributed by atoms with Gasteiger partial charge in [-0.05, 0) is 47.0 Å². The third-order valence-electron chi connectivity index (χ3n) is 2.76. The largest absolute Gasteiger partial charge is 0.481 e. The molecule has 5 nitrogen and oxygen atoms in total. The summed E-state index contributed by atoms with van der Waals surface area (Å²) >= 11 is 3.23. The highest BCUT2D eigenvalue weighted by atomic mass is 79.9. The van der Waals surface area contributed by atoms with Crippen LogP contribution in [0.25, 0.3) is 0 Å². The zero-order valence-electron chi connectivity index (χ0n) is 11.4. The Morgan fingerprint density at radius 2 is 2.10 bits per heavy atom. The van der Waals surface area contributed by atoms with Crippen molar-refractivity contribution in [3.8, 4) is 0 Å². The summed E-state index contributed by atoms with van der Waals surface area (Å²) in [7, 11) is -3.73. The van der Waals surface area contributed by atoms with Crippen molar-refractivity contribution in [3.63, 3.8) is 0 Å². The Hall–Kier alpha value is -0.920. The van der Waals surface area contributed by atoms with Gasteiger partial charge in [-0.15, -0.1) is 0 Å². The Balaban J connectivity index is 2.99. The molecule has 0 heterocycles. The van der Waals surface area contributed by atoms with E-state index in [-0.39, 0.29) is 11.3 Å². The third kappa shape index (κ3) is 4.88. The van der Waals surface area contributed by atoms with Crippen molar-refractivity contribution in [1.82, 2.24) is 4.72 Å². The molecule has 0 fully saturated rings. The van der Waals surface area contributed by atoms with Gasteiger partial charge in [-0.2, -0.15) is 0 Å². The van der Waals surface area contributed by atoms with E-state index < -0.39 is 22.0 Å². The SMILES string of the molecule is CCCC(CC(=O)O)NS(=O)(=O)c1ccc(C)cc1Br. The monoisotopic (exact) mass is 363 g/mol. The Labute approximate surface area is 127 Å². The molecule has 1 aromatic carbocycles. The van der Waals surface area contributed by atoms with Crippen LogP contribution in [0.1, 0.15) is 31.7 Å². The lowest BCUT2D eigenvalue weighted by atomic mass is 10.1. The van der Waals surface area contributed by atoms with Crippen molar-refractivity contribution in [3.05, 3.63) is 28.2 Å². The van der Waals surface area contributed by atoms with Crippen molar-refractivity contribution >= 4 is 31.9 Å². The lowest BCUT2D eigenvalue weighted by Gasteiger charge is -2.17. The van der Waals surface area contributed by atoms with Crippen molar-refractivity contribution in [2.75, 3.05) is 0 Å². The van der Waals surface area contributed by atoms with Crippen molar-refractivity contribution in [1.29, 1.82) is 0 Å². The van der Waals surface area contributed by atoms with E-state index in [1.807, 2.05) is 13.8 Å². The van der Waals surface area contributed by atoms with Gasteiger partial charge in [0.05, 0.1) is 11.3 Å². The predicted octanol–water partition coefficient (Wildman–Crippen LogP) is 2.68. The van der Waals surface area contributed by atoms with E-state index in [4.69, 9.17) is 5.11 Å². The molecule has 0 amide bonds. The second-order valence-corrected chi connectivity index (χ2v) is 7.18. The highest BCUT2D eigenvalue weighted by Crippen LogP contribution is 2.23. The van der Waals surface area contributed by atoms with E-state index in [9.17, 15) is 13.2 Å². The van der Waals surface area contributed by atoms with E-state index in [0.29, 0.717) is 17.3 Å². The standard InChI is InChI=1S/C13H18BrNO4S/c1-3-4-10(8-13(16)17)15-20(18,19)12-6-5-9(2)7-11(12)14/h5-7,10,15H,3-4,8H2,1-2H3,(H,16,17). The number of aliphatic carboxylic acids is 1. The van der Waals surface area contributed by atoms with Crippen LogP contribution in [-0.2, 0) is 14.8 Å². The van der Waals surface area contributed by atoms with Crippen LogP contribution in [0, 0.1) is 6.92 Å². The maximum atomic E-state index is 12.3. The molecule has 1 aromatic rings. The Morgan fingerprint density at radius 3 is 2.60 bits per heavy atom. The number of carbonyl (C=O) groups is 1. The second kappa shape index (κ2) is 7.19. The highest BCUT2D eigenvalue weighted by molar-refractivity contribution is 9.10. The second-order valence-electron chi connectivity index (χ2n) is 4.64. The van der Waals surface area contributed by atoms with Gasteiger partial charge >= 0.3 is 5.97 Å². The van der Waals surface area contributed by atoms with E-state index >= 15 is 0 Å². The molecule has 0 saturated heterocycles. The molecule has 0 spiro atoms. The number of nitrogens with one attached hydrogen (secondary N) is 1. The minimum absolute atomic E-state index is 0.120. The van der Waals surface area contributed by atoms with Gasteiger partial charge in [0.15, 0.2) is 0 Å². The molecule has 0 saturated carbocycles. The number of hydrogen-bond donors (Lipinski definition) is 2. The highest BCUT2D eigenvalue weighted by Gasteiger charge is 2.23. The number of benzene rings is 1. The quantitative estimate of drug-likeness (QED) is 0.779. The summed E-state index contributed by atoms with van der Waals surface area (Å²) in [5, 5.41) is 8.82. The number of carboxylic acids is 1. The van der Waals surface area contributed by atoms with Crippen molar-refractivity contribution in [2.45, 2.75) is 44.0 Å². The van der Waals surface area contributed by atoms with Gasteiger partial charge in [0, 0.05) is 10.5 Å². The van der Waals surface area contributed by atoms with Crippen molar-refractivity contribution < 1.29 is 18.3 Å². The molecule has 1 atom stereocenters. The first-order valence-corrected chi connectivity index (χ1v) is 8.54. The maximum Gasteiger partial charge on any atom is 0.304 e. The first-order valence-electron chi connectivity index (χ1n) is 6.26. The van der Waals surface area contributed by atoms with Gasteiger partial charge in [-0.25, -0.2) is 13.1 Å². The summed E-state index contributed by atoms with van der Waals surface area (Å²) in [6, 6.07) is 4.31. The topological polar surface area (TPSA) is 83.5 Å². The zero-order chi connectivity index (χ0) is 15.3. The number of rotatable bonds is 7. The minimum atomic E-state index is -3.73. The van der Waals surface area contributed by atoms with Gasteiger partial charge in [-0.3, -0.25) is 4.79 Å². The fourth-order valence-corrected chi connectivity index (χ4v) is 4.33. The lowest BCUT2D eigenvalue weighted by Crippen LogP contribution is -2.36. The number of aryl methyl sites for hydroxylation is 1. The van der Waals surface area contributed by atoms with Crippen LogP contribution in [0.15, 0.2) is 27.6 Å². The molecular weight excluding hydrogens is 346 g/mol. The maximum absolute atomic E-state index is 12.3. The van der Waals surface area contributed by atoms with E-state index in [1.54, 1.807) is 12.1 Å². The summed E-state index contributed by atoms with van der Waals surface area (Å²) in [5.74, 6) is -1.02. The van der Waals surface area contributed by atoms with Gasteiger partial charge < -0.3 is 5.11 Å². The number of hydrogen-bond acceptors (Lipinski definition) is 3. The third-order valence-corrected chi connectivity index (χ3v) is 5.25. The summed E-state index contributed by atoms with van der Waals surface area (Å²) in [5.41, 5.74) is 0.937. The van der Waals surface area contributed by atoms with Crippen molar-refractivity contribution in [2.24, 2.45) is 0 Å². The summed E-state index contributed by atoms with van der Waals surface area (Å²) < 4.78 is 27.5. The van der Waals surface area contributed by atoms with Gasteiger partial charge in [0.2, 0.25) is 10.0 Å². The molecule has 0 aromatic heterocycles. The molecule has 0 aliphatic rings. The molecule has 1 rings (SSSR count). The Kier molecular flexibility index (Phi) is 6.16. The lowest BCUT2D eigenvalue weighted by molar-refractivity contribution is -0.137. The molecule has 0 aliphatic carbocycles. The normalized spacial score (nSPS) is 13.2. The van der Waals surface area contributed by atoms with E-state index in [0.717, 1.165) is 5.56 Å². The van der Waals surface area contributed by atoms with Crippen LogP contribution in [-0.4, -0.2) is 25.5 Å². The molecular formula is C13H18BrNO4S. The fourth-order valence-electron chi connectivity index (χ4n) is 1.87. The number of carboxylic acid groups (broad SMARTS) is 1. The number of sulfonamides is 1. The predicted molar refractivity (Wildman–Crippen MR) is 80.1 cm³/mol. The van der Waals surface area contributed by atoms with Gasteiger partial charge in [0.1, 0.15) is 0 Å². The summed E-state index contributed by atoms with van der Waals surface area (Å²) in [4.78, 5) is 10.9. The average Bonchev–Trinajstić information content (AvgIpc) is 2.26. The summed E-state index contributed by atoms with van der Waals surface area (Å²) in [6.07, 6.45) is 0.959.